The fraction of sp³-hybridized carbons (Fsp3) is 0.188. The number of carbonyl (C=O) groups is 2. The zero-order valence-corrected chi connectivity index (χ0v) is 14.0. The Morgan fingerprint density at radius 1 is 1.12 bits per heavy atom. The number of aromatic amines is 1. The molecule has 2 heterocycles. The summed E-state index contributed by atoms with van der Waals surface area (Å²) in [6.45, 7) is 0. The normalized spacial score (nSPS) is 10.9. The third-order valence-corrected chi connectivity index (χ3v) is 4.12. The number of benzene rings is 1. The van der Waals surface area contributed by atoms with Gasteiger partial charge < -0.3 is 19.0 Å². The lowest BCUT2D eigenvalue weighted by molar-refractivity contribution is -0.384. The zero-order valence-electron chi connectivity index (χ0n) is 14.0. The molecule has 0 saturated carbocycles. The molecule has 3 aromatic rings. The van der Waals surface area contributed by atoms with Crippen molar-refractivity contribution < 1.29 is 24.0 Å². The molecule has 0 spiro atoms. The summed E-state index contributed by atoms with van der Waals surface area (Å²) in [6.07, 6.45) is 0. The van der Waals surface area contributed by atoms with Gasteiger partial charge in [0.05, 0.1) is 30.0 Å². The molecule has 26 heavy (non-hydrogen) atoms. The minimum absolute atomic E-state index is 0.0686. The maximum Gasteiger partial charge on any atom is 0.355 e. The van der Waals surface area contributed by atoms with E-state index in [0.717, 1.165) is 14.2 Å². The summed E-state index contributed by atoms with van der Waals surface area (Å²) in [5, 5.41) is 11.3. The van der Waals surface area contributed by atoms with E-state index in [1.54, 1.807) is 0 Å². The van der Waals surface area contributed by atoms with Crippen LogP contribution in [-0.2, 0) is 16.5 Å². The standard InChI is InChI=1S/C16H13N3O7/c1-18-9-5-4-7(19(23)24)6-8(9)10-11(14(18)20)13(16(22)26-3)17-12(10)15(21)25-2/h4-6,17H,1-3H3. The van der Waals surface area contributed by atoms with Gasteiger partial charge in [0.15, 0.2) is 0 Å². The number of carbonyl (C=O) groups excluding carboxylic acids is 2. The van der Waals surface area contributed by atoms with Crippen LogP contribution in [0.5, 0.6) is 0 Å². The number of nitrogens with one attached hydrogen (secondary N) is 1. The highest BCUT2D eigenvalue weighted by Gasteiger charge is 2.27. The number of hydrogen-bond acceptors (Lipinski definition) is 7. The number of non-ortho nitro benzene ring substituents is 1. The van der Waals surface area contributed by atoms with Crippen LogP contribution in [0.3, 0.4) is 0 Å². The van der Waals surface area contributed by atoms with Gasteiger partial charge in [-0.05, 0) is 6.07 Å². The van der Waals surface area contributed by atoms with Crippen molar-refractivity contribution >= 4 is 39.3 Å². The number of aromatic nitrogens is 2. The van der Waals surface area contributed by atoms with E-state index in [-0.39, 0.29) is 33.2 Å². The summed E-state index contributed by atoms with van der Waals surface area (Å²) >= 11 is 0. The number of nitro groups is 1. The Labute approximate surface area is 145 Å². The first-order valence-corrected chi connectivity index (χ1v) is 7.31. The monoisotopic (exact) mass is 359 g/mol. The quantitative estimate of drug-likeness (QED) is 0.425. The van der Waals surface area contributed by atoms with Crippen molar-refractivity contribution in [1.29, 1.82) is 0 Å². The fourth-order valence-electron chi connectivity index (χ4n) is 2.90. The summed E-state index contributed by atoms with van der Waals surface area (Å²) < 4.78 is 10.6. The van der Waals surface area contributed by atoms with Gasteiger partial charge in [-0.1, -0.05) is 0 Å². The number of fused-ring (bicyclic) bond motifs is 3. The molecule has 1 N–H and O–H groups in total. The lowest BCUT2D eigenvalue weighted by Gasteiger charge is -2.08. The number of pyridine rings is 1. The van der Waals surface area contributed by atoms with Crippen LogP contribution in [0, 0.1) is 10.1 Å². The average Bonchev–Trinajstić information content (AvgIpc) is 3.05. The van der Waals surface area contributed by atoms with Gasteiger partial charge in [0.2, 0.25) is 0 Å². The molecule has 2 aromatic heterocycles. The molecule has 0 aliphatic carbocycles. The molecule has 0 amide bonds. The van der Waals surface area contributed by atoms with E-state index in [1.807, 2.05) is 0 Å². The topological polar surface area (TPSA) is 134 Å². The fourth-order valence-corrected chi connectivity index (χ4v) is 2.90. The highest BCUT2D eigenvalue weighted by molar-refractivity contribution is 6.20. The van der Waals surface area contributed by atoms with E-state index in [1.165, 1.54) is 29.8 Å². The molecule has 3 rings (SSSR count). The number of methoxy groups -OCH3 is 2. The number of nitrogens with zero attached hydrogens (tertiary/aromatic N) is 2. The molecule has 0 aliphatic heterocycles. The molecular formula is C16H13N3O7. The molecule has 0 radical (unpaired) electrons. The van der Waals surface area contributed by atoms with E-state index in [9.17, 15) is 24.5 Å². The number of esters is 2. The van der Waals surface area contributed by atoms with E-state index < -0.39 is 22.4 Å². The van der Waals surface area contributed by atoms with Crippen molar-refractivity contribution in [1.82, 2.24) is 9.55 Å². The first-order chi connectivity index (χ1) is 12.3. The molecular weight excluding hydrogens is 346 g/mol. The SMILES string of the molecule is COC(=O)c1[nH]c(C(=O)OC)c2c1c(=O)n(C)c1ccc([N+](=O)[O-])cc21. The smallest absolute Gasteiger partial charge is 0.355 e. The van der Waals surface area contributed by atoms with Gasteiger partial charge in [-0.25, -0.2) is 9.59 Å². The highest BCUT2D eigenvalue weighted by Crippen LogP contribution is 2.31. The molecule has 134 valence electrons. The second-order valence-corrected chi connectivity index (χ2v) is 5.43. The lowest BCUT2D eigenvalue weighted by Crippen LogP contribution is -2.19. The first kappa shape index (κ1) is 17.1. The minimum atomic E-state index is -0.855. The molecule has 0 aliphatic rings. The first-order valence-electron chi connectivity index (χ1n) is 7.31. The summed E-state index contributed by atoms with van der Waals surface area (Å²) in [4.78, 5) is 50.1. The van der Waals surface area contributed by atoms with Gasteiger partial charge in [-0.2, -0.15) is 0 Å². The molecule has 0 fully saturated rings. The van der Waals surface area contributed by atoms with Gasteiger partial charge >= 0.3 is 11.9 Å². The van der Waals surface area contributed by atoms with Crippen LogP contribution in [0.2, 0.25) is 0 Å². The number of nitro benzene ring substituents is 1. The van der Waals surface area contributed by atoms with Gasteiger partial charge in [0.25, 0.3) is 11.2 Å². The second kappa shape index (κ2) is 5.99. The Morgan fingerprint density at radius 3 is 2.23 bits per heavy atom. The Balaban J connectivity index is 2.63. The van der Waals surface area contributed by atoms with Crippen molar-refractivity contribution in [2.24, 2.45) is 7.05 Å². The van der Waals surface area contributed by atoms with E-state index in [0.29, 0.717) is 5.52 Å². The number of rotatable bonds is 3. The van der Waals surface area contributed by atoms with Crippen LogP contribution >= 0.6 is 0 Å². The maximum atomic E-state index is 12.8. The van der Waals surface area contributed by atoms with Gasteiger partial charge in [-0.15, -0.1) is 0 Å². The van der Waals surface area contributed by atoms with Crippen molar-refractivity contribution in [3.05, 3.63) is 50.1 Å². The summed E-state index contributed by atoms with van der Waals surface area (Å²) in [5.41, 5.74) is -0.820. The van der Waals surface area contributed by atoms with Gasteiger partial charge in [0, 0.05) is 30.0 Å². The molecule has 0 saturated heterocycles. The van der Waals surface area contributed by atoms with Gasteiger partial charge in [-0.3, -0.25) is 14.9 Å². The van der Waals surface area contributed by atoms with Crippen molar-refractivity contribution in [3.63, 3.8) is 0 Å². The third-order valence-electron chi connectivity index (χ3n) is 4.12. The van der Waals surface area contributed by atoms with Crippen LogP contribution in [0.15, 0.2) is 23.0 Å². The minimum Gasteiger partial charge on any atom is -0.464 e. The maximum absolute atomic E-state index is 12.8. The summed E-state index contributed by atoms with van der Waals surface area (Å²) in [6, 6.07) is 3.89. The van der Waals surface area contributed by atoms with Gasteiger partial charge in [0.1, 0.15) is 11.4 Å². The van der Waals surface area contributed by atoms with Crippen molar-refractivity contribution in [2.75, 3.05) is 14.2 Å². The molecule has 0 unspecified atom stereocenters. The molecule has 10 nitrogen and oxygen atoms in total. The third kappa shape index (κ3) is 2.31. The van der Waals surface area contributed by atoms with E-state index >= 15 is 0 Å². The Bertz CT molecular complexity index is 1160. The summed E-state index contributed by atoms with van der Waals surface area (Å²) in [5.74, 6) is -1.68. The number of aryl methyl sites for hydroxylation is 1. The Hall–Kier alpha value is -3.69. The van der Waals surface area contributed by atoms with Crippen molar-refractivity contribution in [2.45, 2.75) is 0 Å². The molecule has 0 atom stereocenters. The second-order valence-electron chi connectivity index (χ2n) is 5.43. The number of hydrogen-bond donors (Lipinski definition) is 1. The Kier molecular flexibility index (Phi) is 3.95. The summed E-state index contributed by atoms with van der Waals surface area (Å²) in [7, 11) is 3.73. The molecule has 0 bridgehead atoms. The molecule has 10 heteroatoms. The van der Waals surface area contributed by atoms with Crippen LogP contribution in [0.4, 0.5) is 5.69 Å². The highest BCUT2D eigenvalue weighted by atomic mass is 16.6. The van der Waals surface area contributed by atoms with Crippen LogP contribution < -0.4 is 5.56 Å². The predicted molar refractivity (Wildman–Crippen MR) is 90.4 cm³/mol. The lowest BCUT2D eigenvalue weighted by atomic mass is 10.1. The Morgan fingerprint density at radius 2 is 1.69 bits per heavy atom. The zero-order chi connectivity index (χ0) is 19.2. The van der Waals surface area contributed by atoms with Crippen LogP contribution in [0.1, 0.15) is 21.0 Å². The average molecular weight is 359 g/mol. The predicted octanol–water partition coefficient (Wildman–Crippen LogP) is 1.50. The van der Waals surface area contributed by atoms with Crippen LogP contribution in [0.25, 0.3) is 21.7 Å². The number of H-pyrrole nitrogens is 1. The van der Waals surface area contributed by atoms with E-state index in [2.05, 4.69) is 9.72 Å². The largest absolute Gasteiger partial charge is 0.464 e. The van der Waals surface area contributed by atoms with Crippen molar-refractivity contribution in [3.8, 4) is 0 Å². The van der Waals surface area contributed by atoms with Crippen LogP contribution in [-0.4, -0.2) is 40.6 Å². The number of ether oxygens (including phenoxy) is 2. The van der Waals surface area contributed by atoms with E-state index in [4.69, 9.17) is 4.74 Å². The molecule has 1 aromatic carbocycles.